The second kappa shape index (κ2) is 9.90. The summed E-state index contributed by atoms with van der Waals surface area (Å²) in [7, 11) is 0. The van der Waals surface area contributed by atoms with Crippen molar-refractivity contribution in [1.29, 1.82) is 0 Å². The van der Waals surface area contributed by atoms with E-state index in [0.717, 1.165) is 37.2 Å². The van der Waals surface area contributed by atoms with Crippen LogP contribution in [0.5, 0.6) is 5.75 Å². The van der Waals surface area contributed by atoms with Gasteiger partial charge < -0.3 is 15.7 Å². The lowest BCUT2D eigenvalue weighted by atomic mass is 10.0. The Morgan fingerprint density at radius 1 is 0.964 bits per heavy atom. The molecule has 2 amide bonds. The zero-order valence-corrected chi connectivity index (χ0v) is 15.9. The number of rotatable bonds is 7. The number of likely N-dealkylation sites (tertiary alicyclic amines) is 1. The van der Waals surface area contributed by atoms with Gasteiger partial charge in [-0.1, -0.05) is 36.4 Å². The summed E-state index contributed by atoms with van der Waals surface area (Å²) in [4.78, 5) is 26.4. The highest BCUT2D eigenvalue weighted by molar-refractivity contribution is 5.92. The topological polar surface area (TPSA) is 81.7 Å². The Morgan fingerprint density at radius 3 is 2.36 bits per heavy atom. The Labute approximate surface area is 165 Å². The third-order valence-electron chi connectivity index (χ3n) is 4.99. The normalized spacial score (nSPS) is 15.1. The third-order valence-corrected chi connectivity index (χ3v) is 4.99. The first kappa shape index (κ1) is 19.9. The van der Waals surface area contributed by atoms with Crippen LogP contribution in [0.3, 0.4) is 0 Å². The van der Waals surface area contributed by atoms with Gasteiger partial charge >= 0.3 is 0 Å². The van der Waals surface area contributed by atoms with Crippen LogP contribution in [0.15, 0.2) is 54.6 Å². The molecule has 6 nitrogen and oxygen atoms in total. The molecular weight excluding hydrogens is 354 g/mol. The highest BCUT2D eigenvalue weighted by Crippen LogP contribution is 2.17. The number of hydrogen-bond donors (Lipinski definition) is 3. The first-order valence-electron chi connectivity index (χ1n) is 9.73. The Kier molecular flexibility index (Phi) is 7.03. The van der Waals surface area contributed by atoms with Crippen LogP contribution in [0.2, 0.25) is 0 Å². The molecule has 28 heavy (non-hydrogen) atoms. The van der Waals surface area contributed by atoms with Gasteiger partial charge in [0.05, 0.1) is 6.54 Å². The average molecular weight is 381 g/mol. The smallest absolute Gasteiger partial charge is 0.238 e. The predicted molar refractivity (Wildman–Crippen MR) is 109 cm³/mol. The van der Waals surface area contributed by atoms with Crippen LogP contribution in [0.4, 0.5) is 5.69 Å². The summed E-state index contributed by atoms with van der Waals surface area (Å²) in [5, 5.41) is 15.7. The molecule has 1 aliphatic rings. The minimum Gasteiger partial charge on any atom is -0.508 e. The van der Waals surface area contributed by atoms with E-state index in [0.29, 0.717) is 19.4 Å². The van der Waals surface area contributed by atoms with Crippen molar-refractivity contribution < 1.29 is 14.7 Å². The monoisotopic (exact) mass is 381 g/mol. The molecule has 0 aliphatic carbocycles. The number of phenols is 1. The fourth-order valence-electron chi connectivity index (χ4n) is 3.43. The van der Waals surface area contributed by atoms with E-state index >= 15 is 0 Å². The van der Waals surface area contributed by atoms with Crippen LogP contribution >= 0.6 is 0 Å². The van der Waals surface area contributed by atoms with Gasteiger partial charge in [0, 0.05) is 31.2 Å². The zero-order chi connectivity index (χ0) is 19.8. The Bertz CT molecular complexity index is 787. The number of nitrogens with one attached hydrogen (secondary N) is 2. The van der Waals surface area contributed by atoms with Crippen LogP contribution in [0.1, 0.15) is 24.8 Å². The summed E-state index contributed by atoms with van der Waals surface area (Å²) < 4.78 is 0. The predicted octanol–water partition coefficient (Wildman–Crippen LogP) is 2.54. The molecule has 0 aromatic heterocycles. The van der Waals surface area contributed by atoms with Crippen molar-refractivity contribution in [2.45, 2.75) is 31.7 Å². The quantitative estimate of drug-likeness (QED) is 0.688. The second-order valence-electron chi connectivity index (χ2n) is 7.16. The SMILES string of the molecule is O=C(CN1CCC(NC(=O)CCc2ccccc2O)CC1)Nc1ccccc1. The summed E-state index contributed by atoms with van der Waals surface area (Å²) in [5.74, 6) is 0.220. The molecule has 1 heterocycles. The number of aromatic hydroxyl groups is 1. The van der Waals surface area contributed by atoms with Gasteiger partial charge in [0.1, 0.15) is 5.75 Å². The Hall–Kier alpha value is -2.86. The molecule has 2 aromatic rings. The maximum absolute atomic E-state index is 12.2. The van der Waals surface area contributed by atoms with Gasteiger partial charge in [0.25, 0.3) is 0 Å². The Balaban J connectivity index is 1.35. The van der Waals surface area contributed by atoms with Gasteiger partial charge in [-0.2, -0.15) is 0 Å². The minimum atomic E-state index is -0.0173. The molecule has 0 radical (unpaired) electrons. The number of carbonyl (C=O) groups excluding carboxylic acids is 2. The fourth-order valence-corrected chi connectivity index (χ4v) is 3.43. The first-order valence-corrected chi connectivity index (χ1v) is 9.73. The van der Waals surface area contributed by atoms with Crippen molar-refractivity contribution in [2.24, 2.45) is 0 Å². The number of nitrogens with zero attached hydrogens (tertiary/aromatic N) is 1. The minimum absolute atomic E-state index is 0.00326. The van der Waals surface area contributed by atoms with Gasteiger partial charge in [-0.15, -0.1) is 0 Å². The zero-order valence-electron chi connectivity index (χ0n) is 15.9. The number of amides is 2. The lowest BCUT2D eigenvalue weighted by Crippen LogP contribution is -2.46. The summed E-state index contributed by atoms with van der Waals surface area (Å²) in [6.07, 6.45) is 2.55. The maximum atomic E-state index is 12.2. The number of para-hydroxylation sites is 2. The van der Waals surface area contributed by atoms with Crippen molar-refractivity contribution in [3.63, 3.8) is 0 Å². The lowest BCUT2D eigenvalue weighted by Gasteiger charge is -2.31. The molecule has 0 saturated carbocycles. The fraction of sp³-hybridized carbons (Fsp3) is 0.364. The third kappa shape index (κ3) is 6.09. The van der Waals surface area contributed by atoms with Crippen LogP contribution in [-0.2, 0) is 16.0 Å². The molecule has 3 N–H and O–H groups in total. The summed E-state index contributed by atoms with van der Waals surface area (Å²) in [5.41, 5.74) is 1.59. The van der Waals surface area contributed by atoms with E-state index in [-0.39, 0.29) is 23.6 Å². The summed E-state index contributed by atoms with van der Waals surface area (Å²) in [6, 6.07) is 16.7. The number of benzene rings is 2. The molecule has 1 fully saturated rings. The van der Waals surface area contributed by atoms with Gasteiger partial charge in [-0.25, -0.2) is 0 Å². The van der Waals surface area contributed by atoms with Crippen LogP contribution in [0.25, 0.3) is 0 Å². The van der Waals surface area contributed by atoms with Gasteiger partial charge in [0.2, 0.25) is 11.8 Å². The van der Waals surface area contributed by atoms with Crippen molar-refractivity contribution in [2.75, 3.05) is 25.0 Å². The van der Waals surface area contributed by atoms with Gasteiger partial charge in [0.15, 0.2) is 0 Å². The molecule has 1 saturated heterocycles. The van der Waals surface area contributed by atoms with Crippen LogP contribution < -0.4 is 10.6 Å². The van der Waals surface area contributed by atoms with E-state index in [9.17, 15) is 14.7 Å². The number of carbonyl (C=O) groups is 2. The van der Waals surface area contributed by atoms with Crippen molar-refractivity contribution in [3.05, 3.63) is 60.2 Å². The van der Waals surface area contributed by atoms with E-state index in [1.807, 2.05) is 42.5 Å². The van der Waals surface area contributed by atoms with E-state index < -0.39 is 0 Å². The number of anilines is 1. The average Bonchev–Trinajstić information content (AvgIpc) is 2.69. The molecule has 1 aliphatic heterocycles. The first-order chi connectivity index (χ1) is 13.6. The van der Waals surface area contributed by atoms with Crippen LogP contribution in [0, 0.1) is 0 Å². The van der Waals surface area contributed by atoms with Crippen molar-refractivity contribution in [1.82, 2.24) is 10.2 Å². The molecule has 0 unspecified atom stereocenters. The van der Waals surface area contributed by atoms with Crippen molar-refractivity contribution in [3.8, 4) is 5.75 Å². The van der Waals surface area contributed by atoms with E-state index in [1.54, 1.807) is 12.1 Å². The summed E-state index contributed by atoms with van der Waals surface area (Å²) in [6.45, 7) is 1.93. The molecule has 6 heteroatoms. The molecule has 2 aromatic carbocycles. The van der Waals surface area contributed by atoms with Gasteiger partial charge in [-0.3, -0.25) is 14.5 Å². The standard InChI is InChI=1S/C22H27N3O3/c26-20-9-5-4-6-17(20)10-11-21(27)23-19-12-14-25(15-13-19)16-22(28)24-18-7-2-1-3-8-18/h1-9,19,26H,10-16H2,(H,23,27)(H,24,28). The van der Waals surface area contributed by atoms with E-state index in [4.69, 9.17) is 0 Å². The van der Waals surface area contributed by atoms with Crippen molar-refractivity contribution >= 4 is 17.5 Å². The summed E-state index contributed by atoms with van der Waals surface area (Å²) >= 11 is 0. The maximum Gasteiger partial charge on any atom is 0.238 e. The number of piperidine rings is 1. The molecule has 0 spiro atoms. The highest BCUT2D eigenvalue weighted by Gasteiger charge is 2.22. The largest absolute Gasteiger partial charge is 0.508 e. The number of aryl methyl sites for hydroxylation is 1. The molecule has 0 atom stereocenters. The molecular formula is C22H27N3O3. The highest BCUT2D eigenvalue weighted by atomic mass is 16.3. The van der Waals surface area contributed by atoms with Crippen LogP contribution in [-0.4, -0.2) is 47.5 Å². The number of hydrogen-bond acceptors (Lipinski definition) is 4. The molecule has 3 rings (SSSR count). The lowest BCUT2D eigenvalue weighted by molar-refractivity contribution is -0.122. The van der Waals surface area contributed by atoms with Gasteiger partial charge in [-0.05, 0) is 43.0 Å². The molecule has 148 valence electrons. The second-order valence-corrected chi connectivity index (χ2v) is 7.16. The number of phenolic OH excluding ortho intramolecular Hbond substituents is 1. The Morgan fingerprint density at radius 2 is 1.64 bits per heavy atom. The van der Waals surface area contributed by atoms with E-state index in [2.05, 4.69) is 15.5 Å². The van der Waals surface area contributed by atoms with E-state index in [1.165, 1.54) is 0 Å². The molecule has 0 bridgehead atoms.